The first kappa shape index (κ1) is 14.9. The van der Waals surface area contributed by atoms with E-state index in [0.29, 0.717) is 5.75 Å². The van der Waals surface area contributed by atoms with E-state index in [2.05, 4.69) is 5.32 Å². The second-order valence-corrected chi connectivity index (χ2v) is 4.12. The van der Waals surface area contributed by atoms with E-state index in [9.17, 15) is 14.9 Å². The van der Waals surface area contributed by atoms with Gasteiger partial charge in [0.1, 0.15) is 5.75 Å². The van der Waals surface area contributed by atoms with Gasteiger partial charge < -0.3 is 10.1 Å². The lowest BCUT2D eigenvalue weighted by molar-refractivity contribution is -0.384. The highest BCUT2D eigenvalue weighted by atomic mass is 16.6. The molecule has 0 saturated carbocycles. The maximum atomic E-state index is 11.6. The Balaban J connectivity index is 2.43. The average Bonchev–Trinajstić information content (AvgIpc) is 2.43. The van der Waals surface area contributed by atoms with E-state index >= 15 is 0 Å². The number of nitrogens with zero attached hydrogens (tertiary/aromatic N) is 1. The van der Waals surface area contributed by atoms with E-state index in [4.69, 9.17) is 4.74 Å². The summed E-state index contributed by atoms with van der Waals surface area (Å²) in [5.41, 5.74) is -0.00571. The fourth-order valence-corrected chi connectivity index (χ4v) is 1.58. The Morgan fingerprint density at radius 3 is 2.37 bits per heavy atom. The van der Waals surface area contributed by atoms with Gasteiger partial charge in [-0.15, -0.1) is 0 Å². The number of rotatable bonds is 7. The lowest BCUT2D eigenvalue weighted by Gasteiger charge is -2.14. The van der Waals surface area contributed by atoms with Crippen LogP contribution in [-0.4, -0.2) is 23.5 Å². The highest BCUT2D eigenvalue weighted by Crippen LogP contribution is 2.17. The lowest BCUT2D eigenvalue weighted by atomic mass is 10.2. The topological polar surface area (TPSA) is 81.5 Å². The van der Waals surface area contributed by atoms with E-state index in [1.54, 1.807) is 0 Å². The molecule has 0 radical (unpaired) electrons. The van der Waals surface area contributed by atoms with E-state index in [1.807, 2.05) is 13.8 Å². The van der Waals surface area contributed by atoms with Crippen LogP contribution in [-0.2, 0) is 4.79 Å². The van der Waals surface area contributed by atoms with Crippen LogP contribution in [0.15, 0.2) is 24.3 Å². The van der Waals surface area contributed by atoms with Crippen LogP contribution in [0.4, 0.5) is 5.69 Å². The van der Waals surface area contributed by atoms with Crippen molar-refractivity contribution in [2.24, 2.45) is 0 Å². The maximum absolute atomic E-state index is 11.6. The Morgan fingerprint density at radius 1 is 1.32 bits per heavy atom. The summed E-state index contributed by atoms with van der Waals surface area (Å²) >= 11 is 0. The summed E-state index contributed by atoms with van der Waals surface area (Å²) in [5, 5.41) is 13.3. The van der Waals surface area contributed by atoms with Crippen molar-refractivity contribution in [3.63, 3.8) is 0 Å². The zero-order valence-corrected chi connectivity index (χ0v) is 11.1. The molecule has 0 aliphatic heterocycles. The number of non-ortho nitro benzene ring substituents is 1. The molecule has 19 heavy (non-hydrogen) atoms. The predicted molar refractivity (Wildman–Crippen MR) is 71.1 cm³/mol. The molecule has 0 bridgehead atoms. The average molecular weight is 266 g/mol. The molecule has 1 aromatic rings. The van der Waals surface area contributed by atoms with Crippen molar-refractivity contribution in [1.82, 2.24) is 5.32 Å². The van der Waals surface area contributed by atoms with Crippen LogP contribution in [0.3, 0.4) is 0 Å². The first-order valence-corrected chi connectivity index (χ1v) is 6.23. The second kappa shape index (κ2) is 7.35. The molecule has 0 aromatic heterocycles. The summed E-state index contributed by atoms with van der Waals surface area (Å²) in [6, 6.07) is 5.79. The normalized spacial score (nSPS) is 10.3. The maximum Gasteiger partial charge on any atom is 0.269 e. The molecular weight excluding hydrogens is 248 g/mol. The van der Waals surface area contributed by atoms with Gasteiger partial charge in [0.15, 0.2) is 6.61 Å². The van der Waals surface area contributed by atoms with Gasteiger partial charge in [0.25, 0.3) is 11.6 Å². The summed E-state index contributed by atoms with van der Waals surface area (Å²) in [6.07, 6.45) is 1.75. The van der Waals surface area contributed by atoms with Gasteiger partial charge in [-0.2, -0.15) is 0 Å². The number of nitro benzene ring substituents is 1. The number of carbonyl (C=O) groups excluding carboxylic acids is 1. The number of carbonyl (C=O) groups is 1. The van der Waals surface area contributed by atoms with Crippen molar-refractivity contribution < 1.29 is 14.5 Å². The van der Waals surface area contributed by atoms with Crippen LogP contribution in [0.5, 0.6) is 5.75 Å². The highest BCUT2D eigenvalue weighted by molar-refractivity contribution is 5.77. The zero-order chi connectivity index (χ0) is 14.3. The molecule has 1 amide bonds. The Kier molecular flexibility index (Phi) is 5.78. The molecule has 0 aliphatic rings. The molecule has 0 heterocycles. The Morgan fingerprint density at radius 2 is 1.89 bits per heavy atom. The molecule has 0 fully saturated rings. The smallest absolute Gasteiger partial charge is 0.269 e. The molecule has 6 nitrogen and oxygen atoms in total. The van der Waals surface area contributed by atoms with E-state index in [1.165, 1.54) is 24.3 Å². The van der Waals surface area contributed by atoms with Crippen molar-refractivity contribution in [2.45, 2.75) is 32.7 Å². The fourth-order valence-electron chi connectivity index (χ4n) is 1.58. The number of hydrogen-bond donors (Lipinski definition) is 1. The van der Waals surface area contributed by atoms with Crippen molar-refractivity contribution in [2.75, 3.05) is 6.61 Å². The van der Waals surface area contributed by atoms with Crippen LogP contribution >= 0.6 is 0 Å². The van der Waals surface area contributed by atoms with Gasteiger partial charge in [0.2, 0.25) is 0 Å². The number of ether oxygens (including phenoxy) is 1. The van der Waals surface area contributed by atoms with Crippen molar-refractivity contribution >= 4 is 11.6 Å². The molecule has 0 atom stereocenters. The summed E-state index contributed by atoms with van der Waals surface area (Å²) < 4.78 is 5.26. The van der Waals surface area contributed by atoms with E-state index < -0.39 is 4.92 Å². The molecule has 0 unspecified atom stereocenters. The first-order chi connectivity index (χ1) is 9.06. The van der Waals surface area contributed by atoms with Crippen LogP contribution < -0.4 is 10.1 Å². The molecule has 1 aromatic carbocycles. The summed E-state index contributed by atoms with van der Waals surface area (Å²) in [5.74, 6) is 0.248. The van der Waals surface area contributed by atoms with E-state index in [0.717, 1.165) is 12.8 Å². The molecule has 1 N–H and O–H groups in total. The molecule has 104 valence electrons. The minimum atomic E-state index is -0.483. The first-order valence-electron chi connectivity index (χ1n) is 6.23. The van der Waals surface area contributed by atoms with Gasteiger partial charge in [0.05, 0.1) is 4.92 Å². The Labute approximate surface area is 111 Å². The van der Waals surface area contributed by atoms with Crippen molar-refractivity contribution in [3.8, 4) is 5.75 Å². The fraction of sp³-hybridized carbons (Fsp3) is 0.462. The third-order valence-corrected chi connectivity index (χ3v) is 2.77. The largest absolute Gasteiger partial charge is 0.484 e. The number of amides is 1. The highest BCUT2D eigenvalue weighted by Gasteiger charge is 2.09. The molecule has 1 rings (SSSR count). The number of hydrogen-bond acceptors (Lipinski definition) is 4. The number of nitrogens with one attached hydrogen (secondary N) is 1. The van der Waals surface area contributed by atoms with Gasteiger partial charge in [-0.25, -0.2) is 0 Å². The predicted octanol–water partition coefficient (Wildman–Crippen LogP) is 2.28. The van der Waals surface area contributed by atoms with Crippen LogP contribution in [0.1, 0.15) is 26.7 Å². The molecular formula is C13H18N2O4. The van der Waals surface area contributed by atoms with Crippen LogP contribution in [0.2, 0.25) is 0 Å². The molecule has 0 saturated heterocycles. The van der Waals surface area contributed by atoms with Gasteiger partial charge >= 0.3 is 0 Å². The number of benzene rings is 1. The third kappa shape index (κ3) is 4.95. The third-order valence-electron chi connectivity index (χ3n) is 2.77. The molecule has 0 aliphatic carbocycles. The molecule has 0 spiro atoms. The summed E-state index contributed by atoms with van der Waals surface area (Å²) in [7, 11) is 0. The van der Waals surface area contributed by atoms with Crippen molar-refractivity contribution in [1.29, 1.82) is 0 Å². The minimum Gasteiger partial charge on any atom is -0.484 e. The molecule has 6 heteroatoms. The quantitative estimate of drug-likeness (QED) is 0.606. The summed E-state index contributed by atoms with van der Waals surface area (Å²) in [6.45, 7) is 3.92. The number of nitro groups is 1. The Bertz CT molecular complexity index is 427. The standard InChI is InChI=1S/C13H18N2O4/c1-3-10(4-2)14-13(16)9-19-12-7-5-11(6-8-12)15(17)18/h5-8,10H,3-4,9H2,1-2H3,(H,14,16). The monoisotopic (exact) mass is 266 g/mol. The zero-order valence-electron chi connectivity index (χ0n) is 11.1. The van der Waals surface area contributed by atoms with Crippen LogP contribution in [0, 0.1) is 10.1 Å². The van der Waals surface area contributed by atoms with Gasteiger partial charge in [-0.05, 0) is 25.0 Å². The summed E-state index contributed by atoms with van der Waals surface area (Å²) in [4.78, 5) is 21.6. The van der Waals surface area contributed by atoms with Gasteiger partial charge in [-0.1, -0.05) is 13.8 Å². The Hall–Kier alpha value is -2.11. The van der Waals surface area contributed by atoms with E-state index in [-0.39, 0.29) is 24.2 Å². The SMILES string of the molecule is CCC(CC)NC(=O)COc1ccc([N+](=O)[O-])cc1. The van der Waals surface area contributed by atoms with Gasteiger partial charge in [-0.3, -0.25) is 14.9 Å². The second-order valence-electron chi connectivity index (χ2n) is 4.12. The minimum absolute atomic E-state index is 0.00571. The van der Waals surface area contributed by atoms with Crippen LogP contribution in [0.25, 0.3) is 0 Å². The lowest BCUT2D eigenvalue weighted by Crippen LogP contribution is -2.37. The van der Waals surface area contributed by atoms with Crippen molar-refractivity contribution in [3.05, 3.63) is 34.4 Å². The van der Waals surface area contributed by atoms with Gasteiger partial charge in [0, 0.05) is 18.2 Å².